The van der Waals surface area contributed by atoms with E-state index in [1.165, 1.54) is 23.1 Å². The lowest BCUT2D eigenvalue weighted by Crippen LogP contribution is -2.59. The molecule has 0 spiro atoms. The van der Waals surface area contributed by atoms with Gasteiger partial charge >= 0.3 is 0 Å². The van der Waals surface area contributed by atoms with E-state index in [2.05, 4.69) is 13.8 Å². The Morgan fingerprint density at radius 1 is 1.41 bits per heavy atom. The minimum atomic E-state index is -0.672. The number of likely N-dealkylation sites (tertiary alicyclic amines) is 1. The van der Waals surface area contributed by atoms with Crippen LogP contribution in [0.5, 0.6) is 0 Å². The average molecular weight is 325 g/mol. The minimum absolute atomic E-state index is 0.0173. The molecule has 118 valence electrons. The number of rotatable bonds is 2. The zero-order chi connectivity index (χ0) is 16.3. The van der Waals surface area contributed by atoms with Gasteiger partial charge in [-0.3, -0.25) is 9.59 Å². The lowest BCUT2D eigenvalue weighted by Gasteiger charge is -2.54. The van der Waals surface area contributed by atoms with E-state index in [1.807, 2.05) is 0 Å². The zero-order valence-corrected chi connectivity index (χ0v) is 13.3. The van der Waals surface area contributed by atoms with Gasteiger partial charge in [0.05, 0.1) is 11.0 Å². The van der Waals surface area contributed by atoms with Gasteiger partial charge in [-0.05, 0) is 36.0 Å². The Kier molecular flexibility index (Phi) is 3.25. The van der Waals surface area contributed by atoms with Crippen LogP contribution in [0, 0.1) is 22.6 Å². The van der Waals surface area contributed by atoms with Crippen LogP contribution in [0.4, 0.5) is 4.39 Å². The summed E-state index contributed by atoms with van der Waals surface area (Å²) in [5, 5.41) is 0.303. The molecule has 0 radical (unpaired) electrons. The Hall–Kier alpha value is -1.62. The third-order valence-corrected chi connectivity index (χ3v) is 5.43. The van der Waals surface area contributed by atoms with Crippen molar-refractivity contribution in [3.05, 3.63) is 34.6 Å². The second-order valence-electron chi connectivity index (χ2n) is 7.05. The molecule has 2 atom stereocenters. The summed E-state index contributed by atoms with van der Waals surface area (Å²) in [5.41, 5.74) is 4.80. The Bertz CT molecular complexity index is 676. The molecule has 6 heteroatoms. The number of halogens is 2. The van der Waals surface area contributed by atoms with Crippen LogP contribution in [-0.2, 0) is 4.79 Å². The van der Waals surface area contributed by atoms with Crippen molar-refractivity contribution in [2.24, 2.45) is 22.5 Å². The number of amides is 2. The first-order valence-corrected chi connectivity index (χ1v) is 7.59. The molecule has 1 aromatic rings. The fraction of sp³-hybridized carbons (Fsp3) is 0.500. The molecule has 1 saturated carbocycles. The number of nitrogens with zero attached hydrogens (tertiary/aromatic N) is 1. The van der Waals surface area contributed by atoms with Crippen LogP contribution in [0.2, 0.25) is 5.02 Å². The van der Waals surface area contributed by atoms with Crippen LogP contribution < -0.4 is 5.73 Å². The molecule has 1 saturated heterocycles. The summed E-state index contributed by atoms with van der Waals surface area (Å²) in [6.45, 7) is 4.79. The van der Waals surface area contributed by atoms with Gasteiger partial charge in [0.2, 0.25) is 5.91 Å². The van der Waals surface area contributed by atoms with Crippen molar-refractivity contribution in [3.63, 3.8) is 0 Å². The number of benzene rings is 1. The largest absolute Gasteiger partial charge is 0.369 e. The molecular formula is C16H18ClFN2O2. The van der Waals surface area contributed by atoms with E-state index >= 15 is 0 Å². The molecule has 0 aromatic heterocycles. The summed E-state index contributed by atoms with van der Waals surface area (Å²) in [4.78, 5) is 26.0. The Labute approximate surface area is 133 Å². The summed E-state index contributed by atoms with van der Waals surface area (Å²) >= 11 is 5.85. The fourth-order valence-corrected chi connectivity index (χ4v) is 4.39. The summed E-state index contributed by atoms with van der Waals surface area (Å²) in [6.07, 6.45) is 0.655. The smallest absolute Gasteiger partial charge is 0.256 e. The minimum Gasteiger partial charge on any atom is -0.369 e. The van der Waals surface area contributed by atoms with E-state index in [-0.39, 0.29) is 29.3 Å². The van der Waals surface area contributed by atoms with Gasteiger partial charge in [-0.1, -0.05) is 25.4 Å². The second kappa shape index (κ2) is 4.69. The van der Waals surface area contributed by atoms with Crippen molar-refractivity contribution in [2.75, 3.05) is 13.1 Å². The molecule has 2 aliphatic rings. The van der Waals surface area contributed by atoms with Gasteiger partial charge in [0.15, 0.2) is 0 Å². The van der Waals surface area contributed by atoms with Crippen LogP contribution in [0.1, 0.15) is 30.6 Å². The molecule has 0 bridgehead atoms. The molecule has 4 nitrogen and oxygen atoms in total. The molecule has 2 amide bonds. The number of nitrogens with two attached hydrogens (primary N) is 1. The van der Waals surface area contributed by atoms with Crippen LogP contribution in [0.3, 0.4) is 0 Å². The molecule has 1 aliphatic carbocycles. The topological polar surface area (TPSA) is 63.4 Å². The predicted molar refractivity (Wildman–Crippen MR) is 80.8 cm³/mol. The number of hydrogen-bond acceptors (Lipinski definition) is 2. The van der Waals surface area contributed by atoms with Crippen molar-refractivity contribution in [1.29, 1.82) is 0 Å². The van der Waals surface area contributed by atoms with Crippen LogP contribution in [0.15, 0.2) is 18.2 Å². The van der Waals surface area contributed by atoms with Crippen LogP contribution in [-0.4, -0.2) is 29.8 Å². The Morgan fingerprint density at radius 2 is 2.09 bits per heavy atom. The highest BCUT2D eigenvalue weighted by Crippen LogP contribution is 2.62. The van der Waals surface area contributed by atoms with Gasteiger partial charge in [-0.15, -0.1) is 0 Å². The van der Waals surface area contributed by atoms with Crippen molar-refractivity contribution in [3.8, 4) is 0 Å². The number of carbonyl (C=O) groups excluding carboxylic acids is 2. The van der Waals surface area contributed by atoms with E-state index < -0.39 is 17.1 Å². The quantitative estimate of drug-likeness (QED) is 0.908. The standard InChI is InChI=1S/C16H18ClFN2O2/c1-15(2)7-16(14(19)22)8-20(6-12(15)16)13(21)10-5-9(17)3-4-11(10)18/h3-5,12H,6-8H2,1-2H3,(H2,19,22)/t12-,16+/m1/s1. The summed E-state index contributed by atoms with van der Waals surface area (Å²) in [7, 11) is 0. The SMILES string of the molecule is CC1(C)C[C@]2(C(N)=O)CN(C(=O)c3cc(Cl)ccc3F)C[C@H]12. The van der Waals surface area contributed by atoms with Crippen molar-refractivity contribution < 1.29 is 14.0 Å². The summed E-state index contributed by atoms with van der Waals surface area (Å²) in [6, 6.07) is 3.89. The first kappa shape index (κ1) is 15.3. The summed E-state index contributed by atoms with van der Waals surface area (Å²) < 4.78 is 13.9. The Morgan fingerprint density at radius 3 is 2.64 bits per heavy atom. The van der Waals surface area contributed by atoms with Crippen LogP contribution >= 0.6 is 11.6 Å². The van der Waals surface area contributed by atoms with Gasteiger partial charge in [0, 0.05) is 18.1 Å². The highest BCUT2D eigenvalue weighted by atomic mass is 35.5. The second-order valence-corrected chi connectivity index (χ2v) is 7.48. The zero-order valence-electron chi connectivity index (χ0n) is 12.5. The first-order valence-electron chi connectivity index (χ1n) is 7.22. The molecule has 0 unspecified atom stereocenters. The van der Waals surface area contributed by atoms with Crippen molar-refractivity contribution in [1.82, 2.24) is 4.90 Å². The molecule has 2 N–H and O–H groups in total. The van der Waals surface area contributed by atoms with Gasteiger partial charge < -0.3 is 10.6 Å². The van der Waals surface area contributed by atoms with Gasteiger partial charge in [0.25, 0.3) is 5.91 Å². The van der Waals surface area contributed by atoms with E-state index in [0.29, 0.717) is 18.0 Å². The van der Waals surface area contributed by atoms with Gasteiger partial charge in [-0.25, -0.2) is 4.39 Å². The maximum Gasteiger partial charge on any atom is 0.256 e. The van der Waals surface area contributed by atoms with Gasteiger partial charge in [-0.2, -0.15) is 0 Å². The predicted octanol–water partition coefficient (Wildman–Crippen LogP) is 2.45. The molecule has 22 heavy (non-hydrogen) atoms. The highest BCUT2D eigenvalue weighted by Gasteiger charge is 2.66. The van der Waals surface area contributed by atoms with Crippen molar-refractivity contribution >= 4 is 23.4 Å². The molecule has 1 heterocycles. The number of fused-ring (bicyclic) bond motifs is 1. The number of hydrogen-bond donors (Lipinski definition) is 1. The fourth-order valence-electron chi connectivity index (χ4n) is 4.21. The van der Waals surface area contributed by atoms with E-state index in [1.54, 1.807) is 0 Å². The maximum absolute atomic E-state index is 13.9. The normalized spacial score (nSPS) is 28.9. The van der Waals surface area contributed by atoms with Crippen LogP contribution in [0.25, 0.3) is 0 Å². The third-order valence-electron chi connectivity index (χ3n) is 5.19. The lowest BCUT2D eigenvalue weighted by molar-refractivity contribution is -0.148. The molecule has 2 fully saturated rings. The highest BCUT2D eigenvalue weighted by molar-refractivity contribution is 6.31. The average Bonchev–Trinajstić information content (AvgIpc) is 2.77. The summed E-state index contributed by atoms with van der Waals surface area (Å²) in [5.74, 6) is -1.41. The number of primary amides is 1. The monoisotopic (exact) mass is 324 g/mol. The van der Waals surface area contributed by atoms with Crippen molar-refractivity contribution in [2.45, 2.75) is 20.3 Å². The molecular weight excluding hydrogens is 307 g/mol. The van der Waals surface area contributed by atoms with E-state index in [4.69, 9.17) is 17.3 Å². The van der Waals surface area contributed by atoms with E-state index in [9.17, 15) is 14.0 Å². The number of carbonyl (C=O) groups is 2. The molecule has 1 aliphatic heterocycles. The van der Waals surface area contributed by atoms with E-state index in [0.717, 1.165) is 0 Å². The maximum atomic E-state index is 13.9. The Balaban J connectivity index is 1.90. The molecule has 3 rings (SSSR count). The first-order chi connectivity index (χ1) is 10.2. The lowest BCUT2D eigenvalue weighted by atomic mass is 9.48. The van der Waals surface area contributed by atoms with Gasteiger partial charge in [0.1, 0.15) is 5.82 Å². The molecule has 1 aromatic carbocycles. The third kappa shape index (κ3) is 2.02.